The molecular weight excluding hydrogens is 342 g/mol. The predicted octanol–water partition coefficient (Wildman–Crippen LogP) is 3.21. The van der Waals surface area contributed by atoms with Gasteiger partial charge in [0.15, 0.2) is 5.60 Å². The van der Waals surface area contributed by atoms with Gasteiger partial charge in [0.1, 0.15) is 5.75 Å². The molecule has 1 heterocycles. The number of amides is 2. The summed E-state index contributed by atoms with van der Waals surface area (Å²) >= 11 is 6.01. The van der Waals surface area contributed by atoms with Crippen molar-refractivity contribution in [2.24, 2.45) is 5.10 Å². The van der Waals surface area contributed by atoms with Crippen LogP contribution < -0.4 is 15.5 Å². The number of carbonyl (C=O) groups is 2. The molecule has 0 atom stereocenters. The summed E-state index contributed by atoms with van der Waals surface area (Å²) in [5.74, 6) is -0.166. The van der Waals surface area contributed by atoms with E-state index in [1.807, 2.05) is 12.1 Å². The summed E-state index contributed by atoms with van der Waals surface area (Å²) in [5, 5.41) is 7.17. The van der Waals surface area contributed by atoms with Crippen molar-refractivity contribution in [1.82, 2.24) is 5.43 Å². The first-order valence-electron chi connectivity index (χ1n) is 7.59. The Balaban J connectivity index is 1.73. The minimum absolute atomic E-state index is 0.269. The topological polar surface area (TPSA) is 79.8 Å². The van der Waals surface area contributed by atoms with Crippen LogP contribution in [0.3, 0.4) is 0 Å². The highest BCUT2D eigenvalue weighted by Gasteiger charge is 2.35. The normalized spacial score (nSPS) is 15.2. The second-order valence-corrected chi connectivity index (χ2v) is 6.41. The average molecular weight is 358 g/mol. The summed E-state index contributed by atoms with van der Waals surface area (Å²) in [7, 11) is 0. The Bertz CT molecular complexity index is 878. The van der Waals surface area contributed by atoms with Gasteiger partial charge in [0.25, 0.3) is 11.8 Å². The van der Waals surface area contributed by atoms with Gasteiger partial charge in [0.2, 0.25) is 0 Å². The van der Waals surface area contributed by atoms with Gasteiger partial charge < -0.3 is 10.1 Å². The van der Waals surface area contributed by atoms with Crippen molar-refractivity contribution in [3.05, 3.63) is 58.6 Å². The first kappa shape index (κ1) is 17.0. The van der Waals surface area contributed by atoms with Crippen LogP contribution in [0.2, 0.25) is 5.02 Å². The maximum absolute atomic E-state index is 12.2. The van der Waals surface area contributed by atoms with Crippen LogP contribution in [0, 0.1) is 0 Å². The first-order chi connectivity index (χ1) is 11.9. The van der Waals surface area contributed by atoms with Crippen LogP contribution in [-0.4, -0.2) is 23.6 Å². The fourth-order valence-electron chi connectivity index (χ4n) is 2.26. The molecule has 0 bridgehead atoms. The third-order valence-electron chi connectivity index (χ3n) is 3.68. The lowest BCUT2D eigenvalue weighted by Crippen LogP contribution is -2.45. The number of carbonyl (C=O) groups excluding carboxylic acids is 2. The Kier molecular flexibility index (Phi) is 4.46. The number of ether oxygens (including phenoxy) is 1. The number of nitrogens with zero attached hydrogens (tertiary/aromatic N) is 1. The minimum Gasteiger partial charge on any atom is -0.476 e. The Morgan fingerprint density at radius 3 is 2.80 bits per heavy atom. The number of rotatable bonds is 3. The van der Waals surface area contributed by atoms with Crippen LogP contribution in [0.15, 0.2) is 47.6 Å². The smallest absolute Gasteiger partial charge is 0.271 e. The molecule has 0 saturated carbocycles. The lowest BCUT2D eigenvalue weighted by molar-refractivity contribution is -0.129. The highest BCUT2D eigenvalue weighted by atomic mass is 35.5. The molecule has 0 aromatic heterocycles. The quantitative estimate of drug-likeness (QED) is 0.654. The first-order valence-corrected chi connectivity index (χ1v) is 7.97. The summed E-state index contributed by atoms with van der Waals surface area (Å²) in [5.41, 5.74) is 2.97. The largest absolute Gasteiger partial charge is 0.476 e. The van der Waals surface area contributed by atoms with Crippen LogP contribution in [-0.2, 0) is 4.79 Å². The van der Waals surface area contributed by atoms with Gasteiger partial charge in [0.05, 0.1) is 11.9 Å². The van der Waals surface area contributed by atoms with Crippen molar-refractivity contribution in [3.8, 4) is 5.75 Å². The molecule has 3 rings (SSSR count). The predicted molar refractivity (Wildman–Crippen MR) is 96.3 cm³/mol. The second-order valence-electron chi connectivity index (χ2n) is 6.00. The molecule has 25 heavy (non-hydrogen) atoms. The molecule has 128 valence electrons. The Morgan fingerprint density at radius 2 is 2.04 bits per heavy atom. The van der Waals surface area contributed by atoms with Gasteiger partial charge in [-0.05, 0) is 38.1 Å². The van der Waals surface area contributed by atoms with Crippen LogP contribution in [0.25, 0.3) is 0 Å². The summed E-state index contributed by atoms with van der Waals surface area (Å²) in [6.07, 6.45) is 1.46. The summed E-state index contributed by atoms with van der Waals surface area (Å²) in [6.45, 7) is 3.35. The lowest BCUT2D eigenvalue weighted by Gasteiger charge is -2.31. The Hall–Kier alpha value is -2.86. The fourth-order valence-corrected chi connectivity index (χ4v) is 2.44. The van der Waals surface area contributed by atoms with Gasteiger partial charge in [-0.1, -0.05) is 29.8 Å². The van der Waals surface area contributed by atoms with Crippen molar-refractivity contribution in [3.63, 3.8) is 0 Å². The summed E-state index contributed by atoms with van der Waals surface area (Å²) < 4.78 is 5.63. The molecule has 1 aliphatic rings. The fraction of sp³-hybridized carbons (Fsp3) is 0.167. The van der Waals surface area contributed by atoms with E-state index in [2.05, 4.69) is 15.8 Å². The van der Waals surface area contributed by atoms with Crippen LogP contribution in [0.1, 0.15) is 29.8 Å². The number of halogens is 1. The number of hydrogen-bond donors (Lipinski definition) is 2. The number of hydrazone groups is 1. The molecule has 2 N–H and O–H groups in total. The summed E-state index contributed by atoms with van der Waals surface area (Å²) in [6, 6.07) is 11.9. The van der Waals surface area contributed by atoms with E-state index in [1.54, 1.807) is 44.2 Å². The molecule has 7 heteroatoms. The number of benzene rings is 2. The number of fused-ring (bicyclic) bond motifs is 1. The number of nitrogens with one attached hydrogen (secondary N) is 2. The third kappa shape index (κ3) is 3.64. The maximum atomic E-state index is 12.2. The monoisotopic (exact) mass is 357 g/mol. The highest BCUT2D eigenvalue weighted by Crippen LogP contribution is 2.34. The molecule has 0 unspecified atom stereocenters. The van der Waals surface area contributed by atoms with E-state index in [1.165, 1.54) is 6.21 Å². The molecule has 0 spiro atoms. The molecule has 2 aromatic carbocycles. The highest BCUT2D eigenvalue weighted by molar-refractivity contribution is 6.33. The van der Waals surface area contributed by atoms with Crippen LogP contribution >= 0.6 is 11.6 Å². The molecule has 0 radical (unpaired) electrons. The van der Waals surface area contributed by atoms with Crippen molar-refractivity contribution in [2.75, 3.05) is 5.32 Å². The number of anilines is 1. The zero-order chi connectivity index (χ0) is 18.0. The minimum atomic E-state index is -0.948. The van der Waals surface area contributed by atoms with Gasteiger partial charge >= 0.3 is 0 Å². The van der Waals surface area contributed by atoms with E-state index in [-0.39, 0.29) is 5.91 Å². The van der Waals surface area contributed by atoms with Crippen LogP contribution in [0.4, 0.5) is 5.69 Å². The molecule has 2 aromatic rings. The molecule has 0 aliphatic carbocycles. The Labute approximate surface area is 149 Å². The van der Waals surface area contributed by atoms with Crippen molar-refractivity contribution in [1.29, 1.82) is 0 Å². The Morgan fingerprint density at radius 1 is 1.28 bits per heavy atom. The second kappa shape index (κ2) is 6.57. The zero-order valence-corrected chi connectivity index (χ0v) is 14.4. The van der Waals surface area contributed by atoms with E-state index in [4.69, 9.17) is 16.3 Å². The average Bonchev–Trinajstić information content (AvgIpc) is 2.57. The molecular formula is C18H16ClN3O3. The molecule has 1 aliphatic heterocycles. The molecule has 0 saturated heterocycles. The maximum Gasteiger partial charge on any atom is 0.271 e. The van der Waals surface area contributed by atoms with Gasteiger partial charge in [0, 0.05) is 16.1 Å². The number of hydrogen-bond acceptors (Lipinski definition) is 4. The molecule has 0 fully saturated rings. The summed E-state index contributed by atoms with van der Waals surface area (Å²) in [4.78, 5) is 24.2. The molecule has 2 amide bonds. The third-order valence-corrected chi connectivity index (χ3v) is 4.02. The van der Waals surface area contributed by atoms with E-state index >= 15 is 0 Å². The van der Waals surface area contributed by atoms with Crippen LogP contribution in [0.5, 0.6) is 5.75 Å². The van der Waals surface area contributed by atoms with Crippen molar-refractivity contribution < 1.29 is 14.3 Å². The van der Waals surface area contributed by atoms with Crippen molar-refractivity contribution in [2.45, 2.75) is 19.4 Å². The van der Waals surface area contributed by atoms with E-state index < -0.39 is 11.5 Å². The molecule has 6 nitrogen and oxygen atoms in total. The van der Waals surface area contributed by atoms with E-state index in [0.717, 1.165) is 0 Å². The van der Waals surface area contributed by atoms with Gasteiger partial charge in [-0.25, -0.2) is 5.43 Å². The van der Waals surface area contributed by atoms with Crippen molar-refractivity contribution >= 4 is 35.3 Å². The van der Waals surface area contributed by atoms with Gasteiger partial charge in [-0.3, -0.25) is 9.59 Å². The lowest BCUT2D eigenvalue weighted by atomic mass is 10.0. The van der Waals surface area contributed by atoms with Gasteiger partial charge in [-0.2, -0.15) is 5.10 Å². The van der Waals surface area contributed by atoms with E-state index in [9.17, 15) is 9.59 Å². The van der Waals surface area contributed by atoms with E-state index in [0.29, 0.717) is 27.6 Å². The standard InChI is InChI=1S/C18H16ClN3O3/c1-18(2)17(24)21-14-9-11(7-8-15(14)25-18)16(23)22-20-10-12-5-3-4-6-13(12)19/h3-10H,1-2H3,(H,21,24)(H,22,23)/b20-10-. The SMILES string of the molecule is CC1(C)Oc2ccc(C(=O)N/N=C\c3ccccc3Cl)cc2NC1=O. The van der Waals surface area contributed by atoms with Gasteiger partial charge in [-0.15, -0.1) is 0 Å². The zero-order valence-electron chi connectivity index (χ0n) is 13.7.